The lowest BCUT2D eigenvalue weighted by atomic mass is 10.1. The van der Waals surface area contributed by atoms with Gasteiger partial charge in [0.2, 0.25) is 6.49 Å². The molecule has 0 aliphatic heterocycles. The van der Waals surface area contributed by atoms with E-state index in [1.54, 1.807) is 12.1 Å². The van der Waals surface area contributed by atoms with Crippen molar-refractivity contribution in [3.8, 4) is 0 Å². The molecular formula is C13H24NO3PS. The highest BCUT2D eigenvalue weighted by Crippen LogP contribution is 2.40. The van der Waals surface area contributed by atoms with Gasteiger partial charge in [-0.15, -0.1) is 0 Å². The lowest BCUT2D eigenvalue weighted by Crippen LogP contribution is -2.29. The van der Waals surface area contributed by atoms with Crippen molar-refractivity contribution in [2.24, 2.45) is 11.7 Å². The molecule has 2 unspecified atom stereocenters. The number of benzene rings is 1. The van der Waals surface area contributed by atoms with Gasteiger partial charge in [0.15, 0.2) is 0 Å². The van der Waals surface area contributed by atoms with Crippen LogP contribution >= 0.6 is 6.49 Å². The summed E-state index contributed by atoms with van der Waals surface area (Å²) in [5.41, 5.74) is 5.37. The van der Waals surface area contributed by atoms with E-state index >= 15 is 0 Å². The second kappa shape index (κ2) is 9.59. The Hall–Kier alpha value is -0.290. The number of nitrogens with two attached hydrogens (primary N) is 1. The molecule has 0 fully saturated rings. The van der Waals surface area contributed by atoms with Gasteiger partial charge in [0.1, 0.15) is 0 Å². The molecule has 1 rings (SSSR count). The summed E-state index contributed by atoms with van der Waals surface area (Å²) in [6.45, 7) is 3.62. The van der Waals surface area contributed by atoms with Crippen molar-refractivity contribution in [1.82, 2.24) is 0 Å². The first-order chi connectivity index (χ1) is 8.85. The van der Waals surface area contributed by atoms with Crippen molar-refractivity contribution in [1.29, 1.82) is 0 Å². The molecular weight excluding hydrogens is 281 g/mol. The first-order valence-corrected chi connectivity index (χ1v) is 8.91. The molecule has 0 spiro atoms. The Kier molecular flexibility index (Phi) is 9.44. The van der Waals surface area contributed by atoms with Crippen molar-refractivity contribution in [3.63, 3.8) is 0 Å². The van der Waals surface area contributed by atoms with Gasteiger partial charge in [-0.05, 0) is 36.8 Å². The first kappa shape index (κ1) is 18.7. The van der Waals surface area contributed by atoms with E-state index in [4.69, 9.17) is 27.2 Å². The maximum absolute atomic E-state index is 9.69. The number of hydrogen-bond acceptors (Lipinski definition) is 4. The minimum Gasteiger partial charge on any atom is -0.395 e. The monoisotopic (exact) mass is 305 g/mol. The topological polar surface area (TPSA) is 75.7 Å². The average molecular weight is 305 g/mol. The fourth-order valence-corrected chi connectivity index (χ4v) is 2.81. The van der Waals surface area contributed by atoms with Crippen molar-refractivity contribution < 1.29 is 14.5 Å². The van der Waals surface area contributed by atoms with Gasteiger partial charge in [-0.2, -0.15) is 0 Å². The molecule has 0 aliphatic carbocycles. The molecule has 0 aliphatic rings. The fraction of sp³-hybridized carbons (Fsp3) is 0.538. The van der Waals surface area contributed by atoms with Gasteiger partial charge in [0.25, 0.3) is 0 Å². The van der Waals surface area contributed by atoms with Crippen LogP contribution in [0.1, 0.15) is 20.8 Å². The lowest BCUT2D eigenvalue weighted by molar-refractivity contribution is 0.238. The van der Waals surface area contributed by atoms with E-state index in [9.17, 15) is 4.89 Å². The summed E-state index contributed by atoms with van der Waals surface area (Å²) >= 11 is 4.95. The normalized spacial score (nSPS) is 15.3. The van der Waals surface area contributed by atoms with Crippen LogP contribution in [0, 0.1) is 5.92 Å². The Morgan fingerprint density at radius 3 is 2.16 bits per heavy atom. The zero-order valence-corrected chi connectivity index (χ0v) is 13.4. The smallest absolute Gasteiger partial charge is 0.216 e. The fourth-order valence-electron chi connectivity index (χ4n) is 1.08. The third-order valence-electron chi connectivity index (χ3n) is 2.45. The first-order valence-electron chi connectivity index (χ1n) is 6.24. The highest BCUT2D eigenvalue weighted by Gasteiger charge is 2.14. The summed E-state index contributed by atoms with van der Waals surface area (Å²) in [4.78, 5) is 9.69. The molecule has 6 heteroatoms. The molecule has 0 saturated heterocycles. The van der Waals surface area contributed by atoms with Crippen LogP contribution in [0.4, 0.5) is 0 Å². The molecule has 1 aromatic carbocycles. The van der Waals surface area contributed by atoms with Crippen molar-refractivity contribution in [2.75, 3.05) is 13.2 Å². The second-order valence-electron chi connectivity index (χ2n) is 4.36. The summed E-state index contributed by atoms with van der Waals surface area (Å²) < 4.78 is 5.10. The highest BCUT2D eigenvalue weighted by molar-refractivity contribution is 8.13. The predicted molar refractivity (Wildman–Crippen MR) is 84.1 cm³/mol. The Morgan fingerprint density at radius 2 is 1.84 bits per heavy atom. The van der Waals surface area contributed by atoms with Gasteiger partial charge >= 0.3 is 0 Å². The average Bonchev–Trinajstić information content (AvgIpc) is 2.39. The molecule has 0 radical (unpaired) electrons. The molecule has 0 saturated carbocycles. The van der Waals surface area contributed by atoms with E-state index in [2.05, 4.69) is 0 Å². The molecule has 2 atom stereocenters. The highest BCUT2D eigenvalue weighted by atomic mass is 32.5. The number of hydrogen-bond donors (Lipinski definition) is 3. The molecule has 1 aromatic rings. The van der Waals surface area contributed by atoms with Crippen LogP contribution in [0.15, 0.2) is 30.3 Å². The maximum Gasteiger partial charge on any atom is 0.216 e. The van der Waals surface area contributed by atoms with E-state index in [1.165, 1.54) is 0 Å². The van der Waals surface area contributed by atoms with Crippen LogP contribution in [0.25, 0.3) is 0 Å². The standard InChI is InChI=1S/C8H11O2PS.C5H13NO/c1-2-10-11(9,12)8-6-4-3-5-7-8;1-4(2)5(6)3-7/h3-7H,2H2,1H3,(H,9,12);4-5,7H,3,6H2,1-2H3. The minimum atomic E-state index is -2.71. The van der Waals surface area contributed by atoms with Gasteiger partial charge < -0.3 is 20.3 Å². The molecule has 4 N–H and O–H groups in total. The summed E-state index contributed by atoms with van der Waals surface area (Å²) in [5, 5.41) is 9.09. The van der Waals surface area contributed by atoms with E-state index in [0.29, 0.717) is 17.8 Å². The third-order valence-corrected chi connectivity index (χ3v) is 4.96. The maximum atomic E-state index is 9.69. The predicted octanol–water partition coefficient (Wildman–Crippen LogP) is 1.61. The SMILES string of the molecule is CC(C)C(N)CO.CCOP(O)(=S)c1ccccc1. The number of rotatable bonds is 5. The van der Waals surface area contributed by atoms with Gasteiger partial charge in [0, 0.05) is 11.3 Å². The molecule has 19 heavy (non-hydrogen) atoms. The summed E-state index contributed by atoms with van der Waals surface area (Å²) in [6, 6.07) is 9.09. The largest absolute Gasteiger partial charge is 0.395 e. The van der Waals surface area contributed by atoms with Crippen molar-refractivity contribution in [3.05, 3.63) is 30.3 Å². The Morgan fingerprint density at radius 1 is 1.32 bits per heavy atom. The van der Waals surface area contributed by atoms with Gasteiger partial charge in [-0.3, -0.25) is 0 Å². The third kappa shape index (κ3) is 7.78. The molecule has 0 bridgehead atoms. The molecule has 4 nitrogen and oxygen atoms in total. The van der Waals surface area contributed by atoms with Gasteiger partial charge in [-0.1, -0.05) is 32.0 Å². The Labute approximate surface area is 120 Å². The summed E-state index contributed by atoms with van der Waals surface area (Å²) in [6.07, 6.45) is 0. The minimum absolute atomic E-state index is 0.0417. The second-order valence-corrected chi connectivity index (χ2v) is 7.66. The van der Waals surface area contributed by atoms with Crippen LogP contribution in [-0.4, -0.2) is 29.3 Å². The molecule has 110 valence electrons. The molecule has 0 heterocycles. The Balaban J connectivity index is 0.000000399. The lowest BCUT2D eigenvalue weighted by Gasteiger charge is -2.13. The van der Waals surface area contributed by atoms with Crippen molar-refractivity contribution >= 4 is 23.6 Å². The van der Waals surface area contributed by atoms with Gasteiger partial charge in [-0.25, -0.2) is 0 Å². The number of aliphatic hydroxyl groups is 1. The summed E-state index contributed by atoms with van der Waals surface area (Å²) in [5.74, 6) is 0.394. The van der Waals surface area contributed by atoms with Crippen molar-refractivity contribution in [2.45, 2.75) is 26.8 Å². The molecule has 0 amide bonds. The van der Waals surface area contributed by atoms with Crippen LogP contribution in [0.3, 0.4) is 0 Å². The number of aliphatic hydroxyl groups excluding tert-OH is 1. The zero-order chi connectivity index (χ0) is 14.9. The van der Waals surface area contributed by atoms with E-state index < -0.39 is 6.49 Å². The zero-order valence-electron chi connectivity index (χ0n) is 11.7. The van der Waals surface area contributed by atoms with E-state index in [-0.39, 0.29) is 12.6 Å². The quantitative estimate of drug-likeness (QED) is 0.721. The van der Waals surface area contributed by atoms with Gasteiger partial charge in [0.05, 0.1) is 13.2 Å². The van der Waals surface area contributed by atoms with E-state index in [1.807, 2.05) is 39.0 Å². The molecule has 0 aromatic heterocycles. The Bertz CT molecular complexity index is 387. The van der Waals surface area contributed by atoms with Crippen LogP contribution in [-0.2, 0) is 16.3 Å². The summed E-state index contributed by atoms with van der Waals surface area (Å²) in [7, 11) is 0. The van der Waals surface area contributed by atoms with Crippen LogP contribution < -0.4 is 11.0 Å². The van der Waals surface area contributed by atoms with Crippen LogP contribution in [0.5, 0.6) is 0 Å². The van der Waals surface area contributed by atoms with E-state index in [0.717, 1.165) is 0 Å². The van der Waals surface area contributed by atoms with Crippen LogP contribution in [0.2, 0.25) is 0 Å².